The van der Waals surface area contributed by atoms with Gasteiger partial charge in [-0.2, -0.15) is 0 Å². The Balaban J connectivity index is 2.39. The number of sulfone groups is 1. The summed E-state index contributed by atoms with van der Waals surface area (Å²) >= 11 is 0. The van der Waals surface area contributed by atoms with Crippen molar-refractivity contribution in [3.63, 3.8) is 0 Å². The topological polar surface area (TPSA) is 69.4 Å². The molecule has 0 spiro atoms. The van der Waals surface area contributed by atoms with Gasteiger partial charge in [-0.15, -0.1) is 0 Å². The summed E-state index contributed by atoms with van der Waals surface area (Å²) in [6, 6.07) is 8.21. The van der Waals surface area contributed by atoms with Crippen LogP contribution >= 0.6 is 0 Å². The van der Waals surface area contributed by atoms with Gasteiger partial charge in [-0.25, -0.2) is 8.42 Å². The number of hydrogen-bond donors (Lipinski definition) is 1. The molecular weight excluding hydrogens is 286 g/mol. The summed E-state index contributed by atoms with van der Waals surface area (Å²) in [6.07, 6.45) is 0.974. The van der Waals surface area contributed by atoms with Crippen LogP contribution in [0.3, 0.4) is 0 Å². The molecule has 0 aliphatic heterocycles. The molecule has 0 amide bonds. The molecule has 1 saturated carbocycles. The van der Waals surface area contributed by atoms with Crippen molar-refractivity contribution in [2.45, 2.75) is 31.4 Å². The molecule has 1 aromatic carbocycles. The first-order valence-electron chi connectivity index (χ1n) is 7.46. The standard InChI is InChI=1S/C16H25NO3S/c1-4-12-6-8-13(9-7-12)14-15(21(18,19)5-2)16(14,10-17)11-20-3/h6-9,14-15H,4-5,10-11,17H2,1-3H3. The van der Waals surface area contributed by atoms with Crippen molar-refractivity contribution >= 4 is 9.84 Å². The summed E-state index contributed by atoms with van der Waals surface area (Å²) in [5.74, 6) is 0.0884. The van der Waals surface area contributed by atoms with E-state index in [9.17, 15) is 8.42 Å². The van der Waals surface area contributed by atoms with Gasteiger partial charge in [-0.1, -0.05) is 38.1 Å². The number of ether oxygens (including phenoxy) is 1. The first-order valence-corrected chi connectivity index (χ1v) is 9.17. The van der Waals surface area contributed by atoms with E-state index < -0.39 is 20.5 Å². The van der Waals surface area contributed by atoms with Gasteiger partial charge in [0.2, 0.25) is 0 Å². The molecule has 4 nitrogen and oxygen atoms in total. The zero-order valence-electron chi connectivity index (χ0n) is 13.0. The maximum Gasteiger partial charge on any atom is 0.154 e. The third-order valence-electron chi connectivity index (χ3n) is 4.71. The van der Waals surface area contributed by atoms with Crippen LogP contribution in [0.5, 0.6) is 0 Å². The van der Waals surface area contributed by atoms with Gasteiger partial charge in [0.05, 0.1) is 11.9 Å². The highest BCUT2D eigenvalue weighted by Crippen LogP contribution is 2.62. The van der Waals surface area contributed by atoms with Crippen LogP contribution < -0.4 is 5.73 Å². The van der Waals surface area contributed by atoms with Crippen molar-refractivity contribution in [3.8, 4) is 0 Å². The SMILES string of the molecule is CCc1ccc(C2C(S(=O)(=O)CC)C2(CN)COC)cc1. The molecule has 3 unspecified atom stereocenters. The van der Waals surface area contributed by atoms with Gasteiger partial charge in [0, 0.05) is 30.7 Å². The largest absolute Gasteiger partial charge is 0.384 e. The van der Waals surface area contributed by atoms with Gasteiger partial charge < -0.3 is 10.5 Å². The molecule has 2 N–H and O–H groups in total. The van der Waals surface area contributed by atoms with Crippen molar-refractivity contribution in [1.29, 1.82) is 0 Å². The van der Waals surface area contributed by atoms with Crippen LogP contribution in [0.25, 0.3) is 0 Å². The minimum Gasteiger partial charge on any atom is -0.384 e. The zero-order valence-corrected chi connectivity index (χ0v) is 13.8. The van der Waals surface area contributed by atoms with E-state index >= 15 is 0 Å². The van der Waals surface area contributed by atoms with Gasteiger partial charge in [-0.3, -0.25) is 0 Å². The van der Waals surface area contributed by atoms with E-state index in [0.29, 0.717) is 13.2 Å². The second kappa shape index (κ2) is 6.07. The lowest BCUT2D eigenvalue weighted by molar-refractivity contribution is 0.142. The number of aryl methyl sites for hydroxylation is 1. The highest BCUT2D eigenvalue weighted by Gasteiger charge is 2.69. The molecule has 1 aliphatic carbocycles. The Morgan fingerprint density at radius 2 is 1.86 bits per heavy atom. The van der Waals surface area contributed by atoms with Crippen LogP contribution in [-0.2, 0) is 21.0 Å². The number of hydrogen-bond acceptors (Lipinski definition) is 4. The second-order valence-electron chi connectivity index (χ2n) is 5.82. The lowest BCUT2D eigenvalue weighted by Gasteiger charge is -2.14. The fourth-order valence-electron chi connectivity index (χ4n) is 3.41. The van der Waals surface area contributed by atoms with Crippen molar-refractivity contribution < 1.29 is 13.2 Å². The van der Waals surface area contributed by atoms with Crippen molar-refractivity contribution in [3.05, 3.63) is 35.4 Å². The molecule has 1 aromatic rings. The Bertz CT molecular complexity index is 582. The van der Waals surface area contributed by atoms with Crippen LogP contribution in [-0.4, -0.2) is 39.7 Å². The van der Waals surface area contributed by atoms with Gasteiger partial charge in [0.1, 0.15) is 0 Å². The number of methoxy groups -OCH3 is 1. The van der Waals surface area contributed by atoms with E-state index in [-0.39, 0.29) is 11.7 Å². The van der Waals surface area contributed by atoms with Gasteiger partial charge in [-0.05, 0) is 17.5 Å². The Morgan fingerprint density at radius 1 is 1.24 bits per heavy atom. The molecular formula is C16H25NO3S. The molecule has 0 saturated heterocycles. The average molecular weight is 311 g/mol. The van der Waals surface area contributed by atoms with Crippen LogP contribution in [0.15, 0.2) is 24.3 Å². The monoisotopic (exact) mass is 311 g/mol. The quantitative estimate of drug-likeness (QED) is 0.833. The zero-order chi connectivity index (χ0) is 15.7. The first-order chi connectivity index (χ1) is 9.96. The van der Waals surface area contributed by atoms with Crippen molar-refractivity contribution in [2.75, 3.05) is 26.0 Å². The van der Waals surface area contributed by atoms with Crippen LogP contribution in [0.4, 0.5) is 0 Å². The lowest BCUT2D eigenvalue weighted by atomic mass is 9.99. The summed E-state index contributed by atoms with van der Waals surface area (Å²) < 4.78 is 30.1. The molecule has 2 rings (SSSR count). The maximum atomic E-state index is 12.4. The van der Waals surface area contributed by atoms with Gasteiger partial charge in [0.25, 0.3) is 0 Å². The lowest BCUT2D eigenvalue weighted by Crippen LogP contribution is -2.28. The van der Waals surface area contributed by atoms with E-state index in [1.807, 2.05) is 12.1 Å². The van der Waals surface area contributed by atoms with E-state index in [4.69, 9.17) is 10.5 Å². The molecule has 0 bridgehead atoms. The van der Waals surface area contributed by atoms with Gasteiger partial charge in [0.15, 0.2) is 9.84 Å². The Morgan fingerprint density at radius 3 is 2.29 bits per heavy atom. The van der Waals surface area contributed by atoms with Crippen LogP contribution in [0.2, 0.25) is 0 Å². The number of nitrogens with two attached hydrogens (primary N) is 1. The third-order valence-corrected chi connectivity index (χ3v) is 7.03. The molecule has 118 valence electrons. The predicted octanol–water partition coefficient (Wildman–Crippen LogP) is 1.74. The van der Waals surface area contributed by atoms with Crippen LogP contribution in [0.1, 0.15) is 30.9 Å². The molecule has 0 heterocycles. The maximum absolute atomic E-state index is 12.4. The predicted molar refractivity (Wildman–Crippen MR) is 85.2 cm³/mol. The fraction of sp³-hybridized carbons (Fsp3) is 0.625. The molecule has 0 aromatic heterocycles. The molecule has 1 fully saturated rings. The molecule has 1 aliphatic rings. The Labute approximate surface area is 127 Å². The Hall–Kier alpha value is -0.910. The third kappa shape index (κ3) is 2.74. The van der Waals surface area contributed by atoms with E-state index in [0.717, 1.165) is 12.0 Å². The van der Waals surface area contributed by atoms with Crippen molar-refractivity contribution in [1.82, 2.24) is 0 Å². The smallest absolute Gasteiger partial charge is 0.154 e. The summed E-state index contributed by atoms with van der Waals surface area (Å²) in [6.45, 7) is 4.50. The molecule has 0 radical (unpaired) electrons. The molecule has 3 atom stereocenters. The molecule has 21 heavy (non-hydrogen) atoms. The highest BCUT2D eigenvalue weighted by molar-refractivity contribution is 7.92. The summed E-state index contributed by atoms with van der Waals surface area (Å²) in [5, 5.41) is -0.424. The fourth-order valence-corrected chi connectivity index (χ4v) is 5.56. The summed E-state index contributed by atoms with van der Waals surface area (Å²) in [7, 11) is -1.54. The second-order valence-corrected chi connectivity index (χ2v) is 8.23. The van der Waals surface area contributed by atoms with Crippen molar-refractivity contribution in [2.24, 2.45) is 11.1 Å². The van der Waals surface area contributed by atoms with Gasteiger partial charge >= 0.3 is 0 Å². The minimum absolute atomic E-state index is 0.0571. The summed E-state index contributed by atoms with van der Waals surface area (Å²) in [5.41, 5.74) is 7.76. The highest BCUT2D eigenvalue weighted by atomic mass is 32.2. The average Bonchev–Trinajstić information content (AvgIpc) is 3.18. The number of benzene rings is 1. The minimum atomic E-state index is -3.14. The van der Waals surface area contributed by atoms with E-state index in [1.165, 1.54) is 5.56 Å². The van der Waals surface area contributed by atoms with E-state index in [2.05, 4.69) is 19.1 Å². The summed E-state index contributed by atoms with van der Waals surface area (Å²) in [4.78, 5) is 0. The molecule has 5 heteroatoms. The first kappa shape index (κ1) is 16.5. The Kier molecular flexibility index (Phi) is 4.76. The number of rotatable bonds is 7. The van der Waals surface area contributed by atoms with Crippen LogP contribution in [0, 0.1) is 5.41 Å². The normalized spacial score (nSPS) is 28.6. The van der Waals surface area contributed by atoms with E-state index in [1.54, 1.807) is 14.0 Å².